The number of carbonyl (C=O) groups excluding carboxylic acids is 2. The van der Waals surface area contributed by atoms with E-state index in [1.54, 1.807) is 33.2 Å². The largest absolute Gasteiger partial charge is 0.497 e. The Balaban J connectivity index is 2.14. The summed E-state index contributed by atoms with van der Waals surface area (Å²) in [4.78, 5) is 24.0. The van der Waals surface area contributed by atoms with Crippen molar-refractivity contribution in [3.8, 4) is 5.75 Å². The fraction of sp³-hybridized carbons (Fsp3) is 0.312. The minimum absolute atomic E-state index is 0.0931. The molecule has 0 bridgehead atoms. The lowest BCUT2D eigenvalue weighted by atomic mass is 10.1. The fourth-order valence-electron chi connectivity index (χ4n) is 2.11. The number of hydrogen-bond acceptors (Lipinski definition) is 5. The third-order valence-corrected chi connectivity index (χ3v) is 3.50. The molecular formula is C16H19N3O4. The van der Waals surface area contributed by atoms with Gasteiger partial charge in [0.2, 0.25) is 5.91 Å². The van der Waals surface area contributed by atoms with Gasteiger partial charge in [0.25, 0.3) is 0 Å². The van der Waals surface area contributed by atoms with E-state index in [0.717, 1.165) is 11.3 Å². The second-order valence-corrected chi connectivity index (χ2v) is 5.00. The SMILES string of the molecule is COC(=O)c1nn(C)c(C)c1NC(=O)Cc1ccc(OC)cc1. The number of aromatic nitrogens is 2. The summed E-state index contributed by atoms with van der Waals surface area (Å²) in [5, 5.41) is 6.81. The first-order chi connectivity index (χ1) is 11.0. The van der Waals surface area contributed by atoms with E-state index in [2.05, 4.69) is 10.4 Å². The summed E-state index contributed by atoms with van der Waals surface area (Å²) in [5.74, 6) is -0.102. The third-order valence-electron chi connectivity index (χ3n) is 3.50. The van der Waals surface area contributed by atoms with Crippen LogP contribution in [-0.4, -0.2) is 35.9 Å². The zero-order chi connectivity index (χ0) is 17.0. The normalized spacial score (nSPS) is 10.3. The quantitative estimate of drug-likeness (QED) is 0.849. The summed E-state index contributed by atoms with van der Waals surface area (Å²) in [6.45, 7) is 1.77. The van der Waals surface area contributed by atoms with Gasteiger partial charge in [-0.1, -0.05) is 12.1 Å². The van der Waals surface area contributed by atoms with Crippen LogP contribution < -0.4 is 10.1 Å². The first-order valence-electron chi connectivity index (χ1n) is 7.01. The van der Waals surface area contributed by atoms with Crippen LogP contribution in [0.15, 0.2) is 24.3 Å². The lowest BCUT2D eigenvalue weighted by Gasteiger charge is -2.07. The van der Waals surface area contributed by atoms with Crippen LogP contribution in [0.2, 0.25) is 0 Å². The minimum Gasteiger partial charge on any atom is -0.497 e. The number of ether oxygens (including phenoxy) is 2. The molecule has 0 aliphatic rings. The minimum atomic E-state index is -0.589. The Hall–Kier alpha value is -2.83. The molecule has 23 heavy (non-hydrogen) atoms. The molecule has 1 N–H and O–H groups in total. The van der Waals surface area contributed by atoms with Crippen LogP contribution in [0.4, 0.5) is 5.69 Å². The average Bonchev–Trinajstić information content (AvgIpc) is 2.83. The van der Waals surface area contributed by atoms with Gasteiger partial charge in [-0.3, -0.25) is 9.48 Å². The molecule has 1 aromatic heterocycles. The van der Waals surface area contributed by atoms with Crippen molar-refractivity contribution in [1.29, 1.82) is 0 Å². The standard InChI is InChI=1S/C16H19N3O4/c1-10-14(15(16(21)23-4)18-19(10)2)17-13(20)9-11-5-7-12(22-3)8-6-11/h5-8H,9H2,1-4H3,(H,17,20). The molecule has 1 amide bonds. The maximum absolute atomic E-state index is 12.2. The monoisotopic (exact) mass is 317 g/mol. The van der Waals surface area contributed by atoms with E-state index in [1.165, 1.54) is 11.8 Å². The molecule has 0 aliphatic heterocycles. The van der Waals surface area contributed by atoms with Gasteiger partial charge in [0, 0.05) is 7.05 Å². The Labute approximate surface area is 134 Å². The molecule has 1 aromatic carbocycles. The lowest BCUT2D eigenvalue weighted by molar-refractivity contribution is -0.115. The average molecular weight is 317 g/mol. The fourth-order valence-corrected chi connectivity index (χ4v) is 2.11. The Morgan fingerprint density at radius 3 is 2.43 bits per heavy atom. The summed E-state index contributed by atoms with van der Waals surface area (Å²) >= 11 is 0. The second kappa shape index (κ2) is 6.95. The number of carbonyl (C=O) groups is 2. The molecule has 0 fully saturated rings. The molecule has 2 rings (SSSR count). The maximum Gasteiger partial charge on any atom is 0.360 e. The number of amides is 1. The number of anilines is 1. The molecule has 0 atom stereocenters. The first kappa shape index (κ1) is 16.5. The van der Waals surface area contributed by atoms with Crippen molar-refractivity contribution in [3.63, 3.8) is 0 Å². The molecule has 1 heterocycles. The van der Waals surface area contributed by atoms with Crippen molar-refractivity contribution in [2.24, 2.45) is 7.05 Å². The molecule has 0 spiro atoms. The van der Waals surface area contributed by atoms with Crippen LogP contribution in [0.5, 0.6) is 5.75 Å². The van der Waals surface area contributed by atoms with Crippen LogP contribution in [0.3, 0.4) is 0 Å². The Morgan fingerprint density at radius 1 is 1.22 bits per heavy atom. The predicted molar refractivity (Wildman–Crippen MR) is 84.6 cm³/mol. The molecule has 0 saturated carbocycles. The number of benzene rings is 1. The Kier molecular flexibility index (Phi) is 5.00. The van der Waals surface area contributed by atoms with E-state index in [0.29, 0.717) is 11.4 Å². The van der Waals surface area contributed by atoms with E-state index >= 15 is 0 Å². The zero-order valence-electron chi connectivity index (χ0n) is 13.5. The highest BCUT2D eigenvalue weighted by Crippen LogP contribution is 2.21. The highest BCUT2D eigenvalue weighted by molar-refractivity contribution is 6.01. The van der Waals surface area contributed by atoms with E-state index < -0.39 is 5.97 Å². The van der Waals surface area contributed by atoms with Gasteiger partial charge in [-0.15, -0.1) is 0 Å². The summed E-state index contributed by atoms with van der Waals surface area (Å²) < 4.78 is 11.3. The second-order valence-electron chi connectivity index (χ2n) is 5.00. The maximum atomic E-state index is 12.2. The summed E-state index contributed by atoms with van der Waals surface area (Å²) in [6.07, 6.45) is 0.180. The van der Waals surface area contributed by atoms with Crippen molar-refractivity contribution < 1.29 is 19.1 Å². The van der Waals surface area contributed by atoms with Crippen molar-refractivity contribution in [2.45, 2.75) is 13.3 Å². The molecule has 0 saturated heterocycles. The predicted octanol–water partition coefficient (Wildman–Crippen LogP) is 1.70. The highest BCUT2D eigenvalue weighted by atomic mass is 16.5. The van der Waals surface area contributed by atoms with Gasteiger partial charge in [0.15, 0.2) is 5.69 Å². The molecule has 2 aromatic rings. The van der Waals surface area contributed by atoms with E-state index in [4.69, 9.17) is 9.47 Å². The number of methoxy groups -OCH3 is 2. The number of nitrogens with zero attached hydrogens (tertiary/aromatic N) is 2. The molecular weight excluding hydrogens is 298 g/mol. The van der Waals surface area contributed by atoms with Gasteiger partial charge in [-0.05, 0) is 24.6 Å². The number of nitrogens with one attached hydrogen (secondary N) is 1. The van der Waals surface area contributed by atoms with Gasteiger partial charge < -0.3 is 14.8 Å². The summed E-state index contributed by atoms with van der Waals surface area (Å²) in [6, 6.07) is 7.21. The Bertz CT molecular complexity index is 720. The first-order valence-corrected chi connectivity index (χ1v) is 7.01. The van der Waals surface area contributed by atoms with Crippen molar-refractivity contribution in [1.82, 2.24) is 9.78 Å². The summed E-state index contributed by atoms with van der Waals surface area (Å²) in [5.41, 5.74) is 1.98. The number of aryl methyl sites for hydroxylation is 1. The van der Waals surface area contributed by atoms with Crippen LogP contribution in [-0.2, 0) is 23.0 Å². The number of esters is 1. The smallest absolute Gasteiger partial charge is 0.360 e. The van der Waals surface area contributed by atoms with Gasteiger partial charge in [0.1, 0.15) is 5.75 Å². The van der Waals surface area contributed by atoms with Crippen LogP contribution in [0.1, 0.15) is 21.7 Å². The highest BCUT2D eigenvalue weighted by Gasteiger charge is 2.21. The van der Waals surface area contributed by atoms with Crippen molar-refractivity contribution in [2.75, 3.05) is 19.5 Å². The molecule has 0 aliphatic carbocycles. The molecule has 0 unspecified atom stereocenters. The van der Waals surface area contributed by atoms with Crippen molar-refractivity contribution >= 4 is 17.6 Å². The van der Waals surface area contributed by atoms with E-state index in [1.807, 2.05) is 12.1 Å². The topological polar surface area (TPSA) is 82.5 Å². The molecule has 7 nitrogen and oxygen atoms in total. The molecule has 0 radical (unpaired) electrons. The number of hydrogen-bond donors (Lipinski definition) is 1. The summed E-state index contributed by atoms with van der Waals surface area (Å²) in [7, 11) is 4.55. The molecule has 7 heteroatoms. The van der Waals surface area contributed by atoms with Crippen LogP contribution >= 0.6 is 0 Å². The van der Waals surface area contributed by atoms with E-state index in [-0.39, 0.29) is 18.0 Å². The lowest BCUT2D eigenvalue weighted by Crippen LogP contribution is -2.17. The number of rotatable bonds is 5. The van der Waals surface area contributed by atoms with Gasteiger partial charge >= 0.3 is 5.97 Å². The Morgan fingerprint density at radius 2 is 1.87 bits per heavy atom. The van der Waals surface area contributed by atoms with Gasteiger partial charge in [-0.2, -0.15) is 5.10 Å². The zero-order valence-corrected chi connectivity index (χ0v) is 13.5. The van der Waals surface area contributed by atoms with Crippen molar-refractivity contribution in [3.05, 3.63) is 41.2 Å². The van der Waals surface area contributed by atoms with E-state index in [9.17, 15) is 9.59 Å². The van der Waals surface area contributed by atoms with Crippen LogP contribution in [0.25, 0.3) is 0 Å². The van der Waals surface area contributed by atoms with Crippen LogP contribution in [0, 0.1) is 6.92 Å². The third kappa shape index (κ3) is 3.68. The molecule has 122 valence electrons. The van der Waals surface area contributed by atoms with Gasteiger partial charge in [-0.25, -0.2) is 4.79 Å². The van der Waals surface area contributed by atoms with Gasteiger partial charge in [0.05, 0.1) is 32.0 Å².